The summed E-state index contributed by atoms with van der Waals surface area (Å²) < 4.78 is 0. The Morgan fingerprint density at radius 3 is 1.23 bits per heavy atom. The smallest absolute Gasteiger partial charge is 0.0842 e. The average Bonchev–Trinajstić information content (AvgIpc) is 3.02. The quantitative estimate of drug-likeness (QED) is 0.231. The van der Waals surface area contributed by atoms with E-state index < -0.39 is 0 Å². The third-order valence-electron chi connectivity index (χ3n) is 8.36. The number of hydrogen-bond donors (Lipinski definition) is 0. The second-order valence-corrected chi connectivity index (χ2v) is 10.6. The maximum atomic E-state index is 5.26. The van der Waals surface area contributed by atoms with Gasteiger partial charge in [-0.1, -0.05) is 97.1 Å². The van der Waals surface area contributed by atoms with Crippen LogP contribution in [-0.4, -0.2) is 34.5 Å². The highest BCUT2D eigenvalue weighted by Crippen LogP contribution is 2.54. The number of fused-ring (bicyclic) bond motifs is 3. The number of pyridine rings is 2. The van der Waals surface area contributed by atoms with Gasteiger partial charge in [0.2, 0.25) is 0 Å². The number of hydrogen-bond acceptors (Lipinski definition) is 4. The summed E-state index contributed by atoms with van der Waals surface area (Å²) in [4.78, 5) is 20.2. The highest BCUT2D eigenvalue weighted by Gasteiger charge is 2.49. The zero-order chi connectivity index (χ0) is 26.5. The van der Waals surface area contributed by atoms with Crippen LogP contribution in [0.5, 0.6) is 0 Å². The monoisotopic (exact) mass is 514 g/mol. The van der Waals surface area contributed by atoms with E-state index in [1.807, 2.05) is 61.0 Å². The molecule has 0 unspecified atom stereocenters. The van der Waals surface area contributed by atoms with Crippen molar-refractivity contribution in [1.82, 2.24) is 9.97 Å². The van der Waals surface area contributed by atoms with Gasteiger partial charge >= 0.3 is 0 Å². The van der Waals surface area contributed by atoms with E-state index in [1.54, 1.807) is 0 Å². The molecule has 0 saturated carbocycles. The van der Waals surface area contributed by atoms with Crippen molar-refractivity contribution in [2.45, 2.75) is 23.9 Å². The average molecular weight is 515 g/mol. The molecule has 2 atom stereocenters. The first kappa shape index (κ1) is 23.0. The third-order valence-corrected chi connectivity index (χ3v) is 8.36. The normalized spacial score (nSPS) is 21.3. The maximum Gasteiger partial charge on any atom is 0.0842 e. The van der Waals surface area contributed by atoms with Gasteiger partial charge in [0, 0.05) is 35.0 Å². The molecule has 2 heterocycles. The van der Waals surface area contributed by atoms with Crippen molar-refractivity contribution in [2.75, 3.05) is 0 Å². The molecule has 0 saturated heterocycles. The van der Waals surface area contributed by atoms with Gasteiger partial charge in [0.1, 0.15) is 0 Å². The highest BCUT2D eigenvalue weighted by molar-refractivity contribution is 5.86. The van der Waals surface area contributed by atoms with Crippen molar-refractivity contribution in [3.8, 4) is 0 Å². The molecule has 190 valence electrons. The number of para-hydroxylation sites is 2. The predicted octanol–water partition coefficient (Wildman–Crippen LogP) is 7.35. The van der Waals surface area contributed by atoms with Gasteiger partial charge in [0.15, 0.2) is 0 Å². The summed E-state index contributed by atoms with van der Waals surface area (Å²) in [7, 11) is 0. The Kier molecular flexibility index (Phi) is 5.37. The van der Waals surface area contributed by atoms with E-state index in [-0.39, 0.29) is 23.9 Å². The van der Waals surface area contributed by atoms with Crippen LogP contribution in [0.25, 0.3) is 21.8 Å². The Morgan fingerprint density at radius 2 is 0.800 bits per heavy atom. The molecule has 2 bridgehead atoms. The Bertz CT molecular complexity index is 1770. The number of aromatic nitrogens is 2. The Labute approximate surface area is 232 Å². The molecule has 4 nitrogen and oxygen atoms in total. The van der Waals surface area contributed by atoms with Crippen molar-refractivity contribution in [1.29, 1.82) is 0 Å². The van der Waals surface area contributed by atoms with Crippen LogP contribution in [0.2, 0.25) is 0 Å². The lowest BCUT2D eigenvalue weighted by atomic mass is 9.59. The molecule has 0 fully saturated rings. The van der Waals surface area contributed by atoms with E-state index in [0.29, 0.717) is 0 Å². The lowest BCUT2D eigenvalue weighted by molar-refractivity contribution is 0.391. The van der Waals surface area contributed by atoms with Crippen LogP contribution in [-0.2, 0) is 0 Å². The van der Waals surface area contributed by atoms with Crippen molar-refractivity contribution < 1.29 is 0 Å². The second-order valence-electron chi connectivity index (χ2n) is 10.6. The van der Waals surface area contributed by atoms with Crippen LogP contribution in [0.1, 0.15) is 45.5 Å². The summed E-state index contributed by atoms with van der Waals surface area (Å²) in [5, 5.41) is 2.26. The third kappa shape index (κ3) is 3.76. The zero-order valence-electron chi connectivity index (χ0n) is 21.8. The van der Waals surface area contributed by atoms with Crippen LogP contribution in [0.4, 0.5) is 0 Å². The maximum absolute atomic E-state index is 5.26. The Morgan fingerprint density at radius 1 is 0.425 bits per heavy atom. The Balaban J connectivity index is 1.25. The van der Waals surface area contributed by atoms with Crippen LogP contribution >= 0.6 is 0 Å². The SMILES string of the molecule is C(=N[C@@H]1C2c3ccccc3C(c3ccccc32)[C@H]1N=Cc1ccc2ccccc2n1)c1ccc2ccccc2n1. The number of aliphatic imine (C=N–C) groups is 2. The summed E-state index contributed by atoms with van der Waals surface area (Å²) in [6.07, 6.45) is 3.89. The van der Waals surface area contributed by atoms with Crippen molar-refractivity contribution in [3.05, 3.63) is 155 Å². The van der Waals surface area contributed by atoms with Gasteiger partial charge in [-0.2, -0.15) is 0 Å². The molecular weight excluding hydrogens is 488 g/mol. The van der Waals surface area contributed by atoms with Gasteiger partial charge in [-0.3, -0.25) is 9.98 Å². The summed E-state index contributed by atoms with van der Waals surface area (Å²) in [5.74, 6) is 0.252. The van der Waals surface area contributed by atoms with Gasteiger partial charge < -0.3 is 0 Å². The van der Waals surface area contributed by atoms with Crippen LogP contribution in [0.3, 0.4) is 0 Å². The topological polar surface area (TPSA) is 50.5 Å². The number of nitrogens with zero attached hydrogens (tertiary/aromatic N) is 4. The van der Waals surface area contributed by atoms with Gasteiger partial charge in [-0.25, -0.2) is 9.97 Å². The molecule has 3 aliphatic rings. The first-order valence-corrected chi connectivity index (χ1v) is 13.8. The largest absolute Gasteiger partial charge is 0.284 e. The lowest BCUT2D eigenvalue weighted by Crippen LogP contribution is -2.45. The summed E-state index contributed by atoms with van der Waals surface area (Å²) in [6, 6.07) is 42.3. The van der Waals surface area contributed by atoms with Crippen LogP contribution < -0.4 is 0 Å². The molecule has 0 N–H and O–H groups in total. The second kappa shape index (κ2) is 9.35. The minimum atomic E-state index is -0.0558. The lowest BCUT2D eigenvalue weighted by Gasteiger charge is -2.47. The van der Waals surface area contributed by atoms with Gasteiger partial charge in [-0.15, -0.1) is 0 Å². The van der Waals surface area contributed by atoms with E-state index in [2.05, 4.69) is 72.8 Å². The van der Waals surface area contributed by atoms with E-state index in [1.165, 1.54) is 22.3 Å². The highest BCUT2D eigenvalue weighted by atomic mass is 15.0. The molecule has 4 aromatic carbocycles. The molecule has 0 spiro atoms. The first-order valence-electron chi connectivity index (χ1n) is 13.8. The molecule has 3 aliphatic carbocycles. The fourth-order valence-corrected chi connectivity index (χ4v) is 6.60. The van der Waals surface area contributed by atoms with Crippen molar-refractivity contribution in [3.63, 3.8) is 0 Å². The van der Waals surface area contributed by atoms with Gasteiger partial charge in [-0.05, 0) is 46.5 Å². The first-order chi connectivity index (χ1) is 19.8. The molecular formula is C36H26N4. The van der Waals surface area contributed by atoms with E-state index >= 15 is 0 Å². The summed E-state index contributed by atoms with van der Waals surface area (Å²) in [6.45, 7) is 0. The molecule has 2 aromatic heterocycles. The van der Waals surface area contributed by atoms with E-state index in [0.717, 1.165) is 33.2 Å². The summed E-state index contributed by atoms with van der Waals surface area (Å²) >= 11 is 0. The van der Waals surface area contributed by atoms with Gasteiger partial charge in [0.05, 0.1) is 34.5 Å². The van der Waals surface area contributed by atoms with E-state index in [4.69, 9.17) is 20.0 Å². The standard InChI is InChI=1S/C36H26N4/c1-7-15-31-23(9-1)17-19-25(39-31)21-37-35-33-27-11-3-5-13-29(27)34(30-14-6-4-12-28(30)33)36(35)38-22-26-20-18-24-10-2-8-16-32(24)40-26/h1-22,33-36H/t33?,34?,35-,36-/m1/s1. The molecule has 0 amide bonds. The van der Waals surface area contributed by atoms with Crippen LogP contribution in [0, 0.1) is 0 Å². The van der Waals surface area contributed by atoms with E-state index in [9.17, 15) is 0 Å². The van der Waals surface area contributed by atoms with Crippen molar-refractivity contribution >= 4 is 34.2 Å². The molecule has 4 heteroatoms. The fraction of sp³-hybridized carbons (Fsp3) is 0.111. The number of benzene rings is 4. The summed E-state index contributed by atoms with van der Waals surface area (Å²) in [5.41, 5.74) is 9.10. The zero-order valence-corrected chi connectivity index (χ0v) is 21.8. The molecule has 6 aromatic rings. The minimum Gasteiger partial charge on any atom is -0.284 e. The molecule has 9 rings (SSSR count). The van der Waals surface area contributed by atoms with Gasteiger partial charge in [0.25, 0.3) is 0 Å². The number of rotatable bonds is 4. The predicted molar refractivity (Wildman–Crippen MR) is 163 cm³/mol. The minimum absolute atomic E-state index is 0.0558. The molecule has 0 radical (unpaired) electrons. The molecule has 0 aliphatic heterocycles. The van der Waals surface area contributed by atoms with Crippen molar-refractivity contribution in [2.24, 2.45) is 9.98 Å². The Hall–Kier alpha value is -4.96. The van der Waals surface area contributed by atoms with Crippen LogP contribution in [0.15, 0.2) is 131 Å². The fourth-order valence-electron chi connectivity index (χ4n) is 6.60. The molecule has 40 heavy (non-hydrogen) atoms.